The van der Waals surface area contributed by atoms with Crippen molar-refractivity contribution in [3.8, 4) is 11.1 Å². The number of nitrogens with zero attached hydrogens (tertiary/aromatic N) is 4. The Hall–Kier alpha value is -2.52. The molecule has 114 valence electrons. The van der Waals surface area contributed by atoms with Crippen LogP contribution >= 0.6 is 0 Å². The molecule has 3 aromatic heterocycles. The third-order valence-corrected chi connectivity index (χ3v) is 4.37. The van der Waals surface area contributed by atoms with Crippen LogP contribution < -0.4 is 4.72 Å². The van der Waals surface area contributed by atoms with E-state index in [0.29, 0.717) is 0 Å². The number of nitrogens with one attached hydrogen (secondary N) is 1. The summed E-state index contributed by atoms with van der Waals surface area (Å²) in [6.07, 6.45) is 9.12. The molecule has 3 heterocycles. The van der Waals surface area contributed by atoms with Crippen molar-refractivity contribution < 1.29 is 12.9 Å². The zero-order valence-corrected chi connectivity index (χ0v) is 12.5. The number of hydrogen-bond acceptors (Lipinski definition) is 6. The van der Waals surface area contributed by atoms with Gasteiger partial charge in [0.25, 0.3) is 0 Å². The van der Waals surface area contributed by atoms with Crippen molar-refractivity contribution >= 4 is 10.0 Å². The SMILES string of the molecule is Cn1cc(-c2cncc(CNS(=O)(=O)c3cnoc3)c2)cn1. The lowest BCUT2D eigenvalue weighted by Gasteiger charge is -2.05. The number of rotatable bonds is 5. The summed E-state index contributed by atoms with van der Waals surface area (Å²) < 4.78 is 32.7. The van der Waals surface area contributed by atoms with Crippen molar-refractivity contribution in [1.29, 1.82) is 0 Å². The Balaban J connectivity index is 1.76. The van der Waals surface area contributed by atoms with Crippen LogP contribution in [0, 0.1) is 0 Å². The number of aromatic nitrogens is 4. The first-order valence-electron chi connectivity index (χ1n) is 6.36. The molecule has 3 aromatic rings. The molecule has 0 spiro atoms. The first-order chi connectivity index (χ1) is 10.5. The van der Waals surface area contributed by atoms with Gasteiger partial charge >= 0.3 is 0 Å². The van der Waals surface area contributed by atoms with Crippen LogP contribution in [0.25, 0.3) is 11.1 Å². The van der Waals surface area contributed by atoms with E-state index < -0.39 is 10.0 Å². The summed E-state index contributed by atoms with van der Waals surface area (Å²) in [5.74, 6) is 0. The number of hydrogen-bond donors (Lipinski definition) is 1. The molecule has 0 aromatic carbocycles. The van der Waals surface area contributed by atoms with Crippen molar-refractivity contribution in [3.05, 3.63) is 48.9 Å². The highest BCUT2D eigenvalue weighted by atomic mass is 32.2. The Morgan fingerprint density at radius 2 is 2.09 bits per heavy atom. The molecule has 3 rings (SSSR count). The molecule has 0 radical (unpaired) electrons. The largest absolute Gasteiger partial charge is 0.363 e. The lowest BCUT2D eigenvalue weighted by atomic mass is 10.1. The van der Waals surface area contributed by atoms with Crippen molar-refractivity contribution in [1.82, 2.24) is 24.6 Å². The monoisotopic (exact) mass is 319 g/mol. The standard InChI is InChI=1S/C13H13N5O3S/c1-18-8-12(6-15-18)11-2-10(3-14-5-11)4-17-22(19,20)13-7-16-21-9-13/h2-3,5-9,17H,4H2,1H3. The highest BCUT2D eigenvalue weighted by Crippen LogP contribution is 2.18. The molecule has 8 nitrogen and oxygen atoms in total. The van der Waals surface area contributed by atoms with Gasteiger partial charge in [-0.1, -0.05) is 5.16 Å². The average Bonchev–Trinajstić information content (AvgIpc) is 3.17. The van der Waals surface area contributed by atoms with Gasteiger partial charge in [-0.05, 0) is 11.6 Å². The first-order valence-corrected chi connectivity index (χ1v) is 7.85. The van der Waals surface area contributed by atoms with Crippen LogP contribution in [-0.4, -0.2) is 28.3 Å². The maximum atomic E-state index is 12.0. The van der Waals surface area contributed by atoms with Gasteiger partial charge in [0.15, 0.2) is 0 Å². The quantitative estimate of drug-likeness (QED) is 0.751. The second kappa shape index (κ2) is 5.70. The minimum Gasteiger partial charge on any atom is -0.363 e. The van der Waals surface area contributed by atoms with Gasteiger partial charge in [-0.25, -0.2) is 13.1 Å². The fourth-order valence-electron chi connectivity index (χ4n) is 1.90. The van der Waals surface area contributed by atoms with Crippen LogP contribution in [0.2, 0.25) is 0 Å². The van der Waals surface area contributed by atoms with Crippen LogP contribution in [0.5, 0.6) is 0 Å². The van der Waals surface area contributed by atoms with Gasteiger partial charge < -0.3 is 4.52 Å². The Kier molecular flexibility index (Phi) is 3.73. The maximum Gasteiger partial charge on any atom is 0.245 e. The summed E-state index contributed by atoms with van der Waals surface area (Å²) in [6.45, 7) is 0.120. The Bertz CT molecular complexity index is 871. The molecule has 0 amide bonds. The third-order valence-electron chi connectivity index (χ3n) is 3.02. The second-order valence-corrected chi connectivity index (χ2v) is 6.44. The van der Waals surface area contributed by atoms with Gasteiger partial charge in [-0.2, -0.15) is 5.10 Å². The molecule has 0 aliphatic rings. The fraction of sp³-hybridized carbons (Fsp3) is 0.154. The van der Waals surface area contributed by atoms with E-state index in [1.54, 1.807) is 23.3 Å². The van der Waals surface area contributed by atoms with E-state index in [1.807, 2.05) is 19.3 Å². The van der Waals surface area contributed by atoms with E-state index in [2.05, 4.69) is 24.5 Å². The van der Waals surface area contributed by atoms with Crippen LogP contribution in [0.1, 0.15) is 5.56 Å². The molecule has 0 aliphatic heterocycles. The molecule has 0 aliphatic carbocycles. The predicted molar refractivity (Wildman–Crippen MR) is 77.0 cm³/mol. The number of pyridine rings is 1. The summed E-state index contributed by atoms with van der Waals surface area (Å²) >= 11 is 0. The first kappa shape index (κ1) is 14.4. The zero-order valence-electron chi connectivity index (χ0n) is 11.7. The smallest absolute Gasteiger partial charge is 0.245 e. The Morgan fingerprint density at radius 1 is 1.23 bits per heavy atom. The van der Waals surface area contributed by atoms with Gasteiger partial charge in [-0.3, -0.25) is 9.67 Å². The molecule has 1 N–H and O–H groups in total. The van der Waals surface area contributed by atoms with Crippen LogP contribution in [0.3, 0.4) is 0 Å². The van der Waals surface area contributed by atoms with E-state index >= 15 is 0 Å². The summed E-state index contributed by atoms with van der Waals surface area (Å²) in [5, 5.41) is 7.49. The van der Waals surface area contributed by atoms with Crippen molar-refractivity contribution in [2.45, 2.75) is 11.4 Å². The molecule has 0 unspecified atom stereocenters. The lowest BCUT2D eigenvalue weighted by Crippen LogP contribution is -2.22. The van der Waals surface area contributed by atoms with E-state index in [1.165, 1.54) is 0 Å². The van der Waals surface area contributed by atoms with E-state index in [-0.39, 0.29) is 11.4 Å². The molecule has 22 heavy (non-hydrogen) atoms. The summed E-state index contributed by atoms with van der Waals surface area (Å²) in [4.78, 5) is 4.12. The van der Waals surface area contributed by atoms with E-state index in [4.69, 9.17) is 0 Å². The number of sulfonamides is 1. The maximum absolute atomic E-state index is 12.0. The van der Waals surface area contributed by atoms with Gasteiger partial charge in [0.05, 0.1) is 12.4 Å². The van der Waals surface area contributed by atoms with Crippen LogP contribution in [-0.2, 0) is 23.6 Å². The lowest BCUT2D eigenvalue weighted by molar-refractivity contribution is 0.417. The average molecular weight is 319 g/mol. The molecule has 0 saturated carbocycles. The van der Waals surface area contributed by atoms with E-state index in [9.17, 15) is 8.42 Å². The van der Waals surface area contributed by atoms with Gasteiger partial charge in [-0.15, -0.1) is 0 Å². The summed E-state index contributed by atoms with van der Waals surface area (Å²) in [7, 11) is -1.81. The molecule has 9 heteroatoms. The molecule has 0 fully saturated rings. The van der Waals surface area contributed by atoms with Gasteiger partial charge in [0, 0.05) is 43.3 Å². The Labute approximate surface area is 126 Å². The van der Waals surface area contributed by atoms with Crippen molar-refractivity contribution in [3.63, 3.8) is 0 Å². The summed E-state index contributed by atoms with van der Waals surface area (Å²) in [5.41, 5.74) is 2.52. The highest BCUT2D eigenvalue weighted by molar-refractivity contribution is 7.89. The summed E-state index contributed by atoms with van der Waals surface area (Å²) in [6, 6.07) is 1.86. The van der Waals surface area contributed by atoms with E-state index in [0.717, 1.165) is 29.2 Å². The fourth-order valence-corrected chi connectivity index (χ4v) is 2.78. The minimum atomic E-state index is -3.64. The van der Waals surface area contributed by atoms with Gasteiger partial charge in [0.2, 0.25) is 10.0 Å². The van der Waals surface area contributed by atoms with Crippen molar-refractivity contribution in [2.75, 3.05) is 0 Å². The highest BCUT2D eigenvalue weighted by Gasteiger charge is 2.16. The third kappa shape index (κ3) is 3.05. The zero-order chi connectivity index (χ0) is 15.6. The van der Waals surface area contributed by atoms with Gasteiger partial charge in [0.1, 0.15) is 11.2 Å². The molecular formula is C13H13N5O3S. The minimum absolute atomic E-state index is 0.0103. The normalized spacial score (nSPS) is 11.7. The second-order valence-electron chi connectivity index (χ2n) is 4.67. The Morgan fingerprint density at radius 3 is 2.77 bits per heavy atom. The molecular weight excluding hydrogens is 306 g/mol. The molecule has 0 bridgehead atoms. The topological polar surface area (TPSA) is 103 Å². The molecule has 0 saturated heterocycles. The van der Waals surface area contributed by atoms with Crippen molar-refractivity contribution in [2.24, 2.45) is 7.05 Å². The molecule has 0 atom stereocenters. The van der Waals surface area contributed by atoms with Crippen LogP contribution in [0.15, 0.2) is 52.7 Å². The van der Waals surface area contributed by atoms with Crippen LogP contribution in [0.4, 0.5) is 0 Å². The predicted octanol–water partition coefficient (Wildman–Crippen LogP) is 0.949. The number of aryl methyl sites for hydroxylation is 1.